The molecule has 18 heavy (non-hydrogen) atoms. The summed E-state index contributed by atoms with van der Waals surface area (Å²) in [4.78, 5) is 38.4. The van der Waals surface area contributed by atoms with Gasteiger partial charge in [0.05, 0.1) is 11.9 Å². The average molecular weight is 258 g/mol. The van der Waals surface area contributed by atoms with E-state index in [9.17, 15) is 39.6 Å². The number of rotatable bonds is 7. The Labute approximate surface area is 102 Å². The van der Waals surface area contributed by atoms with Crippen LogP contribution in [-0.2, 0) is 19.2 Å². The summed E-state index contributed by atoms with van der Waals surface area (Å²) < 4.78 is 0. The molecule has 0 radical (unpaired) electrons. The fraction of sp³-hybridized carbons (Fsp3) is 0.400. The zero-order valence-electron chi connectivity index (χ0n) is 9.25. The van der Waals surface area contributed by atoms with Crippen LogP contribution in [0.25, 0.3) is 0 Å². The maximum absolute atomic E-state index is 9.77. The van der Waals surface area contributed by atoms with Crippen LogP contribution in [0.4, 0.5) is 0 Å². The van der Waals surface area contributed by atoms with Crippen LogP contribution in [0.3, 0.4) is 0 Å². The molecule has 0 saturated heterocycles. The van der Waals surface area contributed by atoms with Crippen LogP contribution in [0.2, 0.25) is 0 Å². The fourth-order valence-electron chi connectivity index (χ4n) is 0.675. The van der Waals surface area contributed by atoms with Crippen LogP contribution in [0.15, 0.2) is 12.2 Å². The molecule has 0 rings (SSSR count). The van der Waals surface area contributed by atoms with Crippen molar-refractivity contribution in [2.75, 3.05) is 0 Å². The maximum atomic E-state index is 9.77. The molecular weight excluding hydrogens is 248 g/mol. The van der Waals surface area contributed by atoms with Gasteiger partial charge in [-0.15, -0.1) is 0 Å². The largest absolute Gasteiger partial charge is 0.550 e. The van der Waals surface area contributed by atoms with Crippen molar-refractivity contribution >= 4 is 23.9 Å². The van der Waals surface area contributed by atoms with E-state index in [0.29, 0.717) is 25.0 Å². The first kappa shape index (κ1) is 18.0. The summed E-state index contributed by atoms with van der Waals surface area (Å²) in [5, 5.41) is 38.4. The molecular formula is C10H10O8-4. The fourth-order valence-corrected chi connectivity index (χ4v) is 0.675. The Hall–Kier alpha value is -2.38. The zero-order valence-corrected chi connectivity index (χ0v) is 9.25. The Morgan fingerprint density at radius 1 is 0.667 bits per heavy atom. The van der Waals surface area contributed by atoms with Crippen LogP contribution in [0.5, 0.6) is 0 Å². The molecule has 0 fully saturated rings. The highest BCUT2D eigenvalue weighted by Gasteiger charge is 1.89. The van der Waals surface area contributed by atoms with Crippen molar-refractivity contribution in [2.24, 2.45) is 0 Å². The molecule has 0 bridgehead atoms. The minimum Gasteiger partial charge on any atom is -0.550 e. The van der Waals surface area contributed by atoms with Gasteiger partial charge in [-0.1, -0.05) is 0 Å². The van der Waals surface area contributed by atoms with Gasteiger partial charge in [0.2, 0.25) is 0 Å². The number of carbonyl (C=O) groups excluding carboxylic acids is 4. The zero-order chi connectivity index (χ0) is 14.6. The van der Waals surface area contributed by atoms with Crippen molar-refractivity contribution in [1.29, 1.82) is 0 Å². The second-order valence-electron chi connectivity index (χ2n) is 2.92. The van der Waals surface area contributed by atoms with Gasteiger partial charge in [-0.25, -0.2) is 0 Å². The maximum Gasteiger partial charge on any atom is 0.0643 e. The normalized spacial score (nSPS) is 9.33. The highest BCUT2D eigenvalue weighted by Crippen LogP contribution is 1.96. The van der Waals surface area contributed by atoms with Crippen LogP contribution in [0.1, 0.15) is 25.7 Å². The lowest BCUT2D eigenvalue weighted by atomic mass is 10.2. The van der Waals surface area contributed by atoms with Crippen molar-refractivity contribution in [3.8, 4) is 0 Å². The molecule has 0 N–H and O–H groups in total. The summed E-state index contributed by atoms with van der Waals surface area (Å²) in [5.74, 6) is -5.37. The summed E-state index contributed by atoms with van der Waals surface area (Å²) in [7, 11) is 0. The van der Waals surface area contributed by atoms with Crippen LogP contribution in [-0.4, -0.2) is 23.9 Å². The van der Waals surface area contributed by atoms with Crippen molar-refractivity contribution in [3.05, 3.63) is 12.2 Å². The van der Waals surface area contributed by atoms with Gasteiger partial charge >= 0.3 is 0 Å². The van der Waals surface area contributed by atoms with E-state index in [1.807, 2.05) is 0 Å². The number of carboxylic acids is 4. The lowest BCUT2D eigenvalue weighted by Crippen LogP contribution is -2.23. The molecule has 0 aromatic rings. The lowest BCUT2D eigenvalue weighted by molar-refractivity contribution is -0.308. The smallest absolute Gasteiger partial charge is 0.0643 e. The van der Waals surface area contributed by atoms with Gasteiger partial charge in [-0.3, -0.25) is 0 Å². The number of unbranched alkanes of at least 4 members (excludes halogenated alkanes) is 1. The van der Waals surface area contributed by atoms with Crippen molar-refractivity contribution < 1.29 is 39.6 Å². The van der Waals surface area contributed by atoms with Gasteiger partial charge in [0, 0.05) is 11.9 Å². The quantitative estimate of drug-likeness (QED) is 0.324. The van der Waals surface area contributed by atoms with Crippen molar-refractivity contribution in [1.82, 2.24) is 0 Å². The molecule has 0 heterocycles. The molecule has 0 unspecified atom stereocenters. The predicted molar refractivity (Wildman–Crippen MR) is 47.6 cm³/mol. The van der Waals surface area contributed by atoms with E-state index in [0.717, 1.165) is 0 Å². The van der Waals surface area contributed by atoms with E-state index in [1.54, 1.807) is 0 Å². The second-order valence-corrected chi connectivity index (χ2v) is 2.92. The minimum atomic E-state index is -1.55. The van der Waals surface area contributed by atoms with E-state index in [-0.39, 0.29) is 12.8 Å². The average Bonchev–Trinajstić information content (AvgIpc) is 2.22. The Morgan fingerprint density at radius 2 is 0.944 bits per heavy atom. The van der Waals surface area contributed by atoms with Crippen LogP contribution < -0.4 is 20.4 Å². The monoisotopic (exact) mass is 258 g/mol. The molecule has 0 saturated carbocycles. The molecule has 0 atom stereocenters. The first-order valence-electron chi connectivity index (χ1n) is 4.75. The number of aliphatic carboxylic acids is 4. The third-order valence-corrected chi connectivity index (χ3v) is 1.37. The minimum absolute atomic E-state index is 0.0761. The third-order valence-electron chi connectivity index (χ3n) is 1.37. The van der Waals surface area contributed by atoms with Gasteiger partial charge in [0.1, 0.15) is 0 Å². The summed E-state index contributed by atoms with van der Waals surface area (Å²) in [6.45, 7) is 0. The molecule has 8 nitrogen and oxygen atoms in total. The number of carboxylic acid groups (broad SMARTS) is 4. The number of carbonyl (C=O) groups is 4. The van der Waals surface area contributed by atoms with Crippen molar-refractivity contribution in [3.63, 3.8) is 0 Å². The molecule has 0 aromatic heterocycles. The molecule has 0 amide bonds. The number of hydrogen-bond donors (Lipinski definition) is 0. The highest BCUT2D eigenvalue weighted by atomic mass is 16.4. The van der Waals surface area contributed by atoms with E-state index in [4.69, 9.17) is 0 Å². The van der Waals surface area contributed by atoms with E-state index < -0.39 is 23.9 Å². The number of hydrogen-bond acceptors (Lipinski definition) is 8. The first-order valence-corrected chi connectivity index (χ1v) is 4.75. The molecule has 8 heteroatoms. The standard InChI is InChI=1S/C6H10O4.C4H4O4/c7-5(8)3-1-2-4-6(9)10;5-3(6)1-2-4(7)8/h1-4H2,(H,7,8)(H,9,10);1-2H,(H,5,6)(H,7,8)/p-4/b;2-1-. The molecule has 102 valence electrons. The van der Waals surface area contributed by atoms with E-state index in [1.165, 1.54) is 0 Å². The van der Waals surface area contributed by atoms with Gasteiger partial charge in [-0.05, 0) is 37.8 Å². The van der Waals surface area contributed by atoms with Crippen LogP contribution >= 0.6 is 0 Å². The van der Waals surface area contributed by atoms with Gasteiger partial charge < -0.3 is 39.6 Å². The van der Waals surface area contributed by atoms with Gasteiger partial charge in [0.15, 0.2) is 0 Å². The molecule has 0 spiro atoms. The Bertz CT molecular complexity index is 299. The summed E-state index contributed by atoms with van der Waals surface area (Å²) >= 11 is 0. The molecule has 0 aliphatic carbocycles. The van der Waals surface area contributed by atoms with E-state index in [2.05, 4.69) is 0 Å². The second kappa shape index (κ2) is 11.1. The summed E-state index contributed by atoms with van der Waals surface area (Å²) in [6.07, 6.45) is 1.30. The predicted octanol–water partition coefficient (Wildman–Crippen LogP) is -4.91. The summed E-state index contributed by atoms with van der Waals surface area (Å²) in [6, 6.07) is 0. The van der Waals surface area contributed by atoms with E-state index >= 15 is 0 Å². The van der Waals surface area contributed by atoms with Gasteiger partial charge in [-0.2, -0.15) is 0 Å². The molecule has 0 aliphatic heterocycles. The van der Waals surface area contributed by atoms with Gasteiger partial charge in [0.25, 0.3) is 0 Å². The lowest BCUT2D eigenvalue weighted by Gasteiger charge is -2.01. The Kier molecular flexibility index (Phi) is 11.1. The van der Waals surface area contributed by atoms with Crippen molar-refractivity contribution in [2.45, 2.75) is 25.7 Å². The molecule has 0 aromatic carbocycles. The third kappa shape index (κ3) is 23.4. The highest BCUT2D eigenvalue weighted by molar-refractivity contribution is 5.87. The summed E-state index contributed by atoms with van der Waals surface area (Å²) in [5.41, 5.74) is 0. The topological polar surface area (TPSA) is 161 Å². The molecule has 0 aliphatic rings. The van der Waals surface area contributed by atoms with Crippen LogP contribution in [0, 0.1) is 0 Å². The Balaban J connectivity index is 0. The SMILES string of the molecule is O=C([O-])/C=C\C(=O)[O-].O=C([O-])CCCCC(=O)[O-]. The Morgan fingerprint density at radius 3 is 1.11 bits per heavy atom. The first-order chi connectivity index (χ1) is 8.25.